The second-order valence-corrected chi connectivity index (χ2v) is 8.95. The molecule has 36 heavy (non-hydrogen) atoms. The van der Waals surface area contributed by atoms with Gasteiger partial charge in [0, 0.05) is 6.54 Å². The van der Waals surface area contributed by atoms with Gasteiger partial charge in [-0.25, -0.2) is 0 Å². The van der Waals surface area contributed by atoms with E-state index in [1.807, 2.05) is 36.4 Å². The standard InChI is InChI=1S/C28H32NO6P/c1-3-15-29-16-17-32-23-10-5-20(6-11-23)28(21-7-12-24(13-8-21)35-36(30)31)25(4-2)22-9-14-26-27(18-22)34-19-33-26/h5-14,18,29-31H,3-4,15-17,19H2,1-2H3. The van der Waals surface area contributed by atoms with E-state index < -0.39 is 8.60 Å². The lowest BCUT2D eigenvalue weighted by Crippen LogP contribution is -2.21. The lowest BCUT2D eigenvalue weighted by molar-refractivity contribution is 0.174. The third kappa shape index (κ3) is 6.56. The number of nitrogens with one attached hydrogen (secondary N) is 1. The monoisotopic (exact) mass is 509 g/mol. The van der Waals surface area contributed by atoms with Gasteiger partial charge >= 0.3 is 8.60 Å². The van der Waals surface area contributed by atoms with Gasteiger partial charge in [0.2, 0.25) is 6.79 Å². The predicted octanol–water partition coefficient (Wildman–Crippen LogP) is 5.75. The maximum atomic E-state index is 9.20. The average molecular weight is 510 g/mol. The van der Waals surface area contributed by atoms with Gasteiger partial charge in [0.1, 0.15) is 18.1 Å². The fourth-order valence-corrected chi connectivity index (χ4v) is 4.47. The number of hydrogen-bond donors (Lipinski definition) is 3. The van der Waals surface area contributed by atoms with Gasteiger partial charge in [-0.1, -0.05) is 44.2 Å². The summed E-state index contributed by atoms with van der Waals surface area (Å²) in [7, 11) is -2.47. The molecule has 0 spiro atoms. The van der Waals surface area contributed by atoms with Gasteiger partial charge in [-0.15, -0.1) is 0 Å². The van der Waals surface area contributed by atoms with Crippen LogP contribution >= 0.6 is 8.60 Å². The second-order valence-electron chi connectivity index (χ2n) is 8.27. The summed E-state index contributed by atoms with van der Waals surface area (Å²) in [6, 6.07) is 21.5. The van der Waals surface area contributed by atoms with Crippen molar-refractivity contribution in [3.05, 3.63) is 83.4 Å². The predicted molar refractivity (Wildman–Crippen MR) is 142 cm³/mol. The Labute approximate surface area is 213 Å². The van der Waals surface area contributed by atoms with Crippen molar-refractivity contribution < 1.29 is 28.5 Å². The van der Waals surface area contributed by atoms with Crippen molar-refractivity contribution in [2.75, 3.05) is 26.5 Å². The number of allylic oxidation sites excluding steroid dienone is 1. The molecule has 0 saturated heterocycles. The number of fused-ring (bicyclic) bond motifs is 1. The van der Waals surface area contributed by atoms with Crippen molar-refractivity contribution >= 4 is 19.7 Å². The number of benzene rings is 3. The molecule has 1 aliphatic rings. The molecule has 3 aromatic carbocycles. The van der Waals surface area contributed by atoms with Gasteiger partial charge in [-0.3, -0.25) is 0 Å². The van der Waals surface area contributed by atoms with E-state index in [9.17, 15) is 9.79 Å². The average Bonchev–Trinajstić information content (AvgIpc) is 3.36. The summed E-state index contributed by atoms with van der Waals surface area (Å²) in [4.78, 5) is 18.4. The van der Waals surface area contributed by atoms with Gasteiger partial charge in [-0.2, -0.15) is 0 Å². The van der Waals surface area contributed by atoms with Gasteiger partial charge in [0.25, 0.3) is 0 Å². The Morgan fingerprint density at radius 2 is 1.47 bits per heavy atom. The molecule has 0 bridgehead atoms. The van der Waals surface area contributed by atoms with Crippen molar-refractivity contribution in [1.29, 1.82) is 0 Å². The van der Waals surface area contributed by atoms with E-state index in [4.69, 9.17) is 18.7 Å². The van der Waals surface area contributed by atoms with Crippen LogP contribution in [-0.4, -0.2) is 36.3 Å². The van der Waals surface area contributed by atoms with Crippen molar-refractivity contribution in [2.45, 2.75) is 26.7 Å². The summed E-state index contributed by atoms with van der Waals surface area (Å²) in [5.41, 5.74) is 5.28. The van der Waals surface area contributed by atoms with E-state index in [0.717, 1.165) is 71.0 Å². The van der Waals surface area contributed by atoms with Crippen molar-refractivity contribution in [3.63, 3.8) is 0 Å². The Balaban J connectivity index is 1.69. The van der Waals surface area contributed by atoms with Gasteiger partial charge in [-0.05, 0) is 83.6 Å². The van der Waals surface area contributed by atoms with Crippen LogP contribution in [0.2, 0.25) is 0 Å². The SMILES string of the molecule is CCCNCCOc1ccc(C(=C(CC)c2ccc3c(c2)OCO3)c2ccc(OP(O)O)cc2)cc1. The topological polar surface area (TPSA) is 89.4 Å². The molecule has 8 heteroatoms. The number of rotatable bonds is 12. The molecular weight excluding hydrogens is 477 g/mol. The van der Waals surface area contributed by atoms with Crippen LogP contribution in [0.1, 0.15) is 43.4 Å². The molecule has 0 unspecified atom stereocenters. The van der Waals surface area contributed by atoms with Crippen LogP contribution in [0.25, 0.3) is 11.1 Å². The molecule has 0 aliphatic carbocycles. The van der Waals surface area contributed by atoms with Crippen LogP contribution in [0.5, 0.6) is 23.0 Å². The minimum atomic E-state index is -2.47. The van der Waals surface area contributed by atoms with Gasteiger partial charge < -0.3 is 33.8 Å². The number of ether oxygens (including phenoxy) is 3. The van der Waals surface area contributed by atoms with Crippen molar-refractivity contribution in [1.82, 2.24) is 5.32 Å². The first-order valence-electron chi connectivity index (χ1n) is 12.1. The fraction of sp³-hybridized carbons (Fsp3) is 0.286. The summed E-state index contributed by atoms with van der Waals surface area (Å²) in [5.74, 6) is 2.70. The van der Waals surface area contributed by atoms with E-state index >= 15 is 0 Å². The largest absolute Gasteiger partial charge is 0.492 e. The van der Waals surface area contributed by atoms with Crippen LogP contribution in [0.4, 0.5) is 0 Å². The Morgan fingerprint density at radius 3 is 2.11 bits per heavy atom. The molecule has 0 aromatic heterocycles. The Morgan fingerprint density at radius 1 is 0.833 bits per heavy atom. The van der Waals surface area contributed by atoms with Crippen molar-refractivity contribution in [2.24, 2.45) is 0 Å². The molecule has 4 rings (SSSR count). The molecule has 1 aliphatic heterocycles. The molecular formula is C28H32NO6P. The molecule has 0 amide bonds. The Kier molecular flexibility index (Phi) is 9.20. The smallest absolute Gasteiger partial charge is 0.391 e. The van der Waals surface area contributed by atoms with Gasteiger partial charge in [0.15, 0.2) is 11.5 Å². The molecule has 3 aromatic rings. The molecule has 0 saturated carbocycles. The number of hydrogen-bond acceptors (Lipinski definition) is 7. The van der Waals surface area contributed by atoms with E-state index in [2.05, 4.69) is 37.4 Å². The van der Waals surface area contributed by atoms with Crippen molar-refractivity contribution in [3.8, 4) is 23.0 Å². The maximum Gasteiger partial charge on any atom is 0.391 e. The Hall–Kier alpha value is -3.09. The van der Waals surface area contributed by atoms with Crippen LogP contribution in [-0.2, 0) is 0 Å². The minimum absolute atomic E-state index is 0.228. The highest BCUT2D eigenvalue weighted by Gasteiger charge is 2.18. The molecule has 0 atom stereocenters. The molecule has 3 N–H and O–H groups in total. The van der Waals surface area contributed by atoms with E-state index in [1.54, 1.807) is 12.1 Å². The molecule has 0 radical (unpaired) electrons. The molecule has 190 valence electrons. The summed E-state index contributed by atoms with van der Waals surface area (Å²) in [6.45, 7) is 6.90. The third-order valence-electron chi connectivity index (χ3n) is 5.82. The lowest BCUT2D eigenvalue weighted by Gasteiger charge is -2.18. The summed E-state index contributed by atoms with van der Waals surface area (Å²) >= 11 is 0. The fourth-order valence-electron chi connectivity index (χ4n) is 4.16. The molecule has 1 heterocycles. The van der Waals surface area contributed by atoms with Crippen LogP contribution in [0.15, 0.2) is 66.7 Å². The first-order valence-corrected chi connectivity index (χ1v) is 13.3. The zero-order chi connectivity index (χ0) is 25.3. The third-order valence-corrected chi connectivity index (χ3v) is 6.20. The van der Waals surface area contributed by atoms with Gasteiger partial charge in [0.05, 0.1) is 0 Å². The summed E-state index contributed by atoms with van der Waals surface area (Å²) in [5, 5.41) is 3.34. The van der Waals surface area contributed by atoms with Crippen LogP contribution < -0.4 is 24.1 Å². The highest BCUT2D eigenvalue weighted by Crippen LogP contribution is 2.40. The second kappa shape index (κ2) is 12.7. The lowest BCUT2D eigenvalue weighted by atomic mass is 9.88. The normalized spacial score (nSPS) is 13.0. The highest BCUT2D eigenvalue weighted by molar-refractivity contribution is 7.39. The quantitative estimate of drug-likeness (QED) is 0.163. The Bertz CT molecular complexity index is 1160. The first-order chi connectivity index (χ1) is 17.6. The van der Waals surface area contributed by atoms with E-state index in [0.29, 0.717) is 12.4 Å². The van der Waals surface area contributed by atoms with Crippen LogP contribution in [0, 0.1) is 0 Å². The van der Waals surface area contributed by atoms with E-state index in [1.165, 1.54) is 0 Å². The van der Waals surface area contributed by atoms with Crippen LogP contribution in [0.3, 0.4) is 0 Å². The first kappa shape index (κ1) is 26.0. The summed E-state index contributed by atoms with van der Waals surface area (Å²) < 4.78 is 22.1. The molecule has 7 nitrogen and oxygen atoms in total. The zero-order valence-electron chi connectivity index (χ0n) is 20.6. The van der Waals surface area contributed by atoms with E-state index in [-0.39, 0.29) is 6.79 Å². The zero-order valence-corrected chi connectivity index (χ0v) is 21.5. The highest BCUT2D eigenvalue weighted by atomic mass is 31.2. The minimum Gasteiger partial charge on any atom is -0.492 e. The molecule has 0 fully saturated rings. The summed E-state index contributed by atoms with van der Waals surface area (Å²) in [6.07, 6.45) is 1.88. The maximum absolute atomic E-state index is 9.20.